The molecule has 2 N–H and O–H groups in total. The highest BCUT2D eigenvalue weighted by molar-refractivity contribution is 6.32. The minimum absolute atomic E-state index is 0.161. The first-order valence-electron chi connectivity index (χ1n) is 10.8. The lowest BCUT2D eigenvalue weighted by atomic mass is 10.1. The van der Waals surface area contributed by atoms with E-state index in [4.69, 9.17) is 35.7 Å². The Hall–Kier alpha value is -4.24. The summed E-state index contributed by atoms with van der Waals surface area (Å²) in [4.78, 5) is 23.5. The first-order chi connectivity index (χ1) is 17.4. The predicted molar refractivity (Wildman–Crippen MR) is 135 cm³/mol. The average molecular weight is 513 g/mol. The van der Waals surface area contributed by atoms with E-state index in [0.29, 0.717) is 40.7 Å². The quantitative estimate of drug-likeness (QED) is 0.280. The number of nitrogens with one attached hydrogen (secondary N) is 1. The summed E-state index contributed by atoms with van der Waals surface area (Å²) in [5.74, 6) is 0.247. The summed E-state index contributed by atoms with van der Waals surface area (Å²) < 4.78 is 21.9. The number of ether oxygens (including phenoxy) is 4. The van der Waals surface area contributed by atoms with E-state index in [0.717, 1.165) is 5.56 Å². The molecule has 0 radical (unpaired) electrons. The molecule has 0 aliphatic rings. The van der Waals surface area contributed by atoms with Crippen molar-refractivity contribution in [2.75, 3.05) is 20.8 Å². The van der Waals surface area contributed by atoms with Crippen molar-refractivity contribution in [1.82, 2.24) is 5.43 Å². The summed E-state index contributed by atoms with van der Waals surface area (Å²) in [6, 6.07) is 14.4. The highest BCUT2D eigenvalue weighted by Gasteiger charge is 2.14. The Balaban J connectivity index is 1.71. The van der Waals surface area contributed by atoms with Crippen molar-refractivity contribution in [2.45, 2.75) is 13.5 Å². The fourth-order valence-corrected chi connectivity index (χ4v) is 3.45. The van der Waals surface area contributed by atoms with Crippen LogP contribution in [0.3, 0.4) is 0 Å². The Kier molecular flexibility index (Phi) is 9.13. The minimum atomic E-state index is -0.999. The Morgan fingerprint density at radius 1 is 0.944 bits per heavy atom. The molecule has 9 nitrogen and oxygen atoms in total. The molecule has 188 valence electrons. The number of aromatic carboxylic acids is 1. The highest BCUT2D eigenvalue weighted by atomic mass is 35.5. The van der Waals surface area contributed by atoms with Crippen LogP contribution in [0.2, 0.25) is 5.02 Å². The molecule has 0 aliphatic carbocycles. The Morgan fingerprint density at radius 3 is 2.28 bits per heavy atom. The summed E-state index contributed by atoms with van der Waals surface area (Å²) in [5, 5.41) is 13.3. The molecule has 0 saturated carbocycles. The van der Waals surface area contributed by atoms with Crippen molar-refractivity contribution >= 4 is 29.7 Å². The average Bonchev–Trinajstić information content (AvgIpc) is 2.88. The number of hydrazone groups is 1. The highest BCUT2D eigenvalue weighted by Crippen LogP contribution is 2.37. The lowest BCUT2D eigenvalue weighted by Gasteiger charge is -2.14. The molecule has 0 aliphatic heterocycles. The number of hydrogen-bond donors (Lipinski definition) is 2. The topological polar surface area (TPSA) is 116 Å². The lowest BCUT2D eigenvalue weighted by molar-refractivity contribution is 0.0696. The number of carboxylic acid groups (broad SMARTS) is 1. The maximum atomic E-state index is 12.4. The van der Waals surface area contributed by atoms with Crippen molar-refractivity contribution in [3.05, 3.63) is 81.9 Å². The van der Waals surface area contributed by atoms with Crippen LogP contribution in [0, 0.1) is 0 Å². The number of benzene rings is 3. The molecular weight excluding hydrogens is 488 g/mol. The Bertz CT molecular complexity index is 1260. The lowest BCUT2D eigenvalue weighted by Crippen LogP contribution is -2.17. The second-order valence-electron chi connectivity index (χ2n) is 7.32. The van der Waals surface area contributed by atoms with Gasteiger partial charge in [-0.25, -0.2) is 10.2 Å². The van der Waals surface area contributed by atoms with Crippen LogP contribution in [0.1, 0.15) is 38.8 Å². The van der Waals surface area contributed by atoms with Crippen LogP contribution < -0.4 is 24.4 Å². The molecule has 0 saturated heterocycles. The van der Waals surface area contributed by atoms with Crippen LogP contribution in [0.5, 0.6) is 23.0 Å². The Labute approximate surface area is 213 Å². The summed E-state index contributed by atoms with van der Waals surface area (Å²) in [5.41, 5.74) is 4.34. The maximum Gasteiger partial charge on any atom is 0.335 e. The van der Waals surface area contributed by atoms with Crippen molar-refractivity contribution in [3.8, 4) is 23.0 Å². The van der Waals surface area contributed by atoms with Crippen LogP contribution in [-0.2, 0) is 6.61 Å². The molecular formula is C26H25ClN2O7. The zero-order chi connectivity index (χ0) is 26.1. The van der Waals surface area contributed by atoms with Crippen molar-refractivity contribution in [3.63, 3.8) is 0 Å². The van der Waals surface area contributed by atoms with E-state index in [1.54, 1.807) is 42.5 Å². The molecule has 3 aromatic rings. The van der Waals surface area contributed by atoms with E-state index in [9.17, 15) is 9.59 Å². The van der Waals surface area contributed by atoms with Crippen LogP contribution in [0.4, 0.5) is 0 Å². The van der Waals surface area contributed by atoms with Gasteiger partial charge in [0.05, 0.1) is 37.6 Å². The largest absolute Gasteiger partial charge is 0.493 e. The van der Waals surface area contributed by atoms with Crippen molar-refractivity contribution < 1.29 is 33.6 Å². The molecule has 0 spiro atoms. The molecule has 0 atom stereocenters. The number of amides is 1. The summed E-state index contributed by atoms with van der Waals surface area (Å²) in [6.07, 6.45) is 1.43. The molecule has 1 amide bonds. The zero-order valence-corrected chi connectivity index (χ0v) is 20.7. The van der Waals surface area contributed by atoms with Crippen LogP contribution in [0.15, 0.2) is 59.7 Å². The van der Waals surface area contributed by atoms with Gasteiger partial charge < -0.3 is 24.1 Å². The molecule has 36 heavy (non-hydrogen) atoms. The number of carbonyl (C=O) groups is 2. The van der Waals surface area contributed by atoms with Gasteiger partial charge in [0, 0.05) is 5.56 Å². The third-order valence-electron chi connectivity index (χ3n) is 4.94. The van der Waals surface area contributed by atoms with Crippen LogP contribution >= 0.6 is 11.6 Å². The number of carbonyl (C=O) groups excluding carboxylic acids is 1. The van der Waals surface area contributed by atoms with Crippen LogP contribution in [0.25, 0.3) is 0 Å². The van der Waals surface area contributed by atoms with E-state index >= 15 is 0 Å². The second-order valence-corrected chi connectivity index (χ2v) is 7.73. The van der Waals surface area contributed by atoms with Crippen molar-refractivity contribution in [1.29, 1.82) is 0 Å². The van der Waals surface area contributed by atoms with Crippen molar-refractivity contribution in [2.24, 2.45) is 5.10 Å². The Morgan fingerprint density at radius 2 is 1.64 bits per heavy atom. The van der Waals surface area contributed by atoms with E-state index in [-0.39, 0.29) is 17.2 Å². The molecule has 0 bridgehead atoms. The van der Waals surface area contributed by atoms with Gasteiger partial charge in [-0.05, 0) is 60.5 Å². The van der Waals surface area contributed by atoms with Gasteiger partial charge in [-0.3, -0.25) is 4.79 Å². The monoisotopic (exact) mass is 512 g/mol. The van der Waals surface area contributed by atoms with E-state index in [2.05, 4.69) is 10.5 Å². The molecule has 0 fully saturated rings. The van der Waals surface area contributed by atoms with Gasteiger partial charge in [0.1, 0.15) is 6.61 Å². The van der Waals surface area contributed by atoms with Gasteiger partial charge in [0.25, 0.3) is 5.91 Å². The van der Waals surface area contributed by atoms with Crippen LogP contribution in [-0.4, -0.2) is 44.0 Å². The molecule has 0 heterocycles. The molecule has 0 aromatic heterocycles. The van der Waals surface area contributed by atoms with Gasteiger partial charge in [-0.2, -0.15) is 5.10 Å². The third kappa shape index (κ3) is 6.67. The number of halogens is 1. The van der Waals surface area contributed by atoms with E-state index in [1.807, 2.05) is 6.92 Å². The van der Waals surface area contributed by atoms with E-state index in [1.165, 1.54) is 32.6 Å². The normalized spacial score (nSPS) is 10.7. The fourth-order valence-electron chi connectivity index (χ4n) is 3.17. The number of hydrogen-bond acceptors (Lipinski definition) is 7. The van der Waals surface area contributed by atoms with Gasteiger partial charge in [0.2, 0.25) is 0 Å². The standard InChI is InChI=1S/C26H25ClN2O7/c1-4-35-23-12-17(14-28-29-25(30)19-9-10-21(33-2)22(13-19)34-3)11-20(27)24(23)36-15-16-5-7-18(8-6-16)26(31)32/h5-14H,4,15H2,1-3H3,(H,29,30)(H,31,32)/b28-14+. The fraction of sp³-hybridized carbons (Fsp3) is 0.192. The zero-order valence-electron chi connectivity index (χ0n) is 19.9. The second kappa shape index (κ2) is 12.5. The number of carboxylic acids is 1. The molecule has 3 aromatic carbocycles. The SMILES string of the molecule is CCOc1cc(/C=N/NC(=O)c2ccc(OC)c(OC)c2)cc(Cl)c1OCc1ccc(C(=O)O)cc1. The van der Waals surface area contributed by atoms with Gasteiger partial charge >= 0.3 is 5.97 Å². The van der Waals surface area contributed by atoms with Gasteiger partial charge in [0.15, 0.2) is 23.0 Å². The summed E-state index contributed by atoms with van der Waals surface area (Å²) in [7, 11) is 3.00. The number of nitrogens with zero attached hydrogens (tertiary/aromatic N) is 1. The van der Waals surface area contributed by atoms with E-state index < -0.39 is 11.9 Å². The molecule has 3 rings (SSSR count). The number of methoxy groups -OCH3 is 2. The third-order valence-corrected chi connectivity index (χ3v) is 5.22. The molecule has 0 unspecified atom stereocenters. The van der Waals surface area contributed by atoms with Gasteiger partial charge in [-0.15, -0.1) is 0 Å². The summed E-state index contributed by atoms with van der Waals surface area (Å²) >= 11 is 6.45. The first-order valence-corrected chi connectivity index (χ1v) is 11.2. The maximum absolute atomic E-state index is 12.4. The van der Waals surface area contributed by atoms with Gasteiger partial charge in [-0.1, -0.05) is 23.7 Å². The minimum Gasteiger partial charge on any atom is -0.493 e. The molecule has 10 heteroatoms. The first kappa shape index (κ1) is 26.4. The predicted octanol–water partition coefficient (Wildman–Crippen LogP) is 4.80. The number of rotatable bonds is 11. The summed E-state index contributed by atoms with van der Waals surface area (Å²) in [6.45, 7) is 2.36. The smallest absolute Gasteiger partial charge is 0.335 e.